The standard InChI is InChI=1S/C20H30N2O2S/c1-16(2)4-9-21-10-5-18(23)20(14-21)7-3-8-22(15-20)19(24)12-17-6-11-25-13-17/h4,6,11,13,18,23H,3,5,7-10,12,14-15H2,1-2H3/t18-,20-/m1/s1. The van der Waals surface area contributed by atoms with Gasteiger partial charge in [0.25, 0.3) is 0 Å². The number of likely N-dealkylation sites (tertiary alicyclic amines) is 2. The lowest BCUT2D eigenvalue weighted by atomic mass is 9.71. The van der Waals surface area contributed by atoms with Gasteiger partial charge in [-0.3, -0.25) is 9.69 Å². The molecule has 138 valence electrons. The summed E-state index contributed by atoms with van der Waals surface area (Å²) in [6.07, 6.45) is 5.26. The third kappa shape index (κ3) is 4.52. The van der Waals surface area contributed by atoms with E-state index in [1.54, 1.807) is 11.3 Å². The molecule has 0 bridgehead atoms. The number of piperidine rings is 2. The molecular weight excluding hydrogens is 332 g/mol. The molecule has 1 spiro atoms. The van der Waals surface area contributed by atoms with E-state index < -0.39 is 0 Å². The molecule has 0 saturated carbocycles. The van der Waals surface area contributed by atoms with Crippen LogP contribution in [0.4, 0.5) is 0 Å². The fourth-order valence-electron chi connectivity index (χ4n) is 4.16. The summed E-state index contributed by atoms with van der Waals surface area (Å²) in [5, 5.41) is 14.8. The lowest BCUT2D eigenvalue weighted by molar-refractivity contribution is -0.140. The predicted octanol–water partition coefficient (Wildman–Crippen LogP) is 2.93. The largest absolute Gasteiger partial charge is 0.392 e. The van der Waals surface area contributed by atoms with Crippen molar-refractivity contribution in [2.75, 3.05) is 32.7 Å². The second-order valence-corrected chi connectivity index (χ2v) is 8.69. The van der Waals surface area contributed by atoms with Crippen molar-refractivity contribution in [3.8, 4) is 0 Å². The van der Waals surface area contributed by atoms with E-state index in [4.69, 9.17) is 0 Å². The Hall–Kier alpha value is -1.17. The molecule has 1 aromatic heterocycles. The number of carbonyl (C=O) groups is 1. The molecule has 2 fully saturated rings. The predicted molar refractivity (Wildman–Crippen MR) is 103 cm³/mol. The summed E-state index contributed by atoms with van der Waals surface area (Å²) in [5.41, 5.74) is 2.27. The maximum atomic E-state index is 12.7. The van der Waals surface area contributed by atoms with E-state index >= 15 is 0 Å². The normalized spacial score (nSPS) is 27.5. The van der Waals surface area contributed by atoms with Crippen LogP contribution in [0.2, 0.25) is 0 Å². The highest BCUT2D eigenvalue weighted by Gasteiger charge is 2.46. The molecule has 0 aliphatic carbocycles. The van der Waals surface area contributed by atoms with Gasteiger partial charge in [0.1, 0.15) is 0 Å². The number of thiophene rings is 1. The van der Waals surface area contributed by atoms with Gasteiger partial charge in [-0.25, -0.2) is 0 Å². The number of rotatable bonds is 4. The zero-order valence-electron chi connectivity index (χ0n) is 15.4. The van der Waals surface area contributed by atoms with Crippen molar-refractivity contribution >= 4 is 17.2 Å². The zero-order valence-corrected chi connectivity index (χ0v) is 16.2. The Morgan fingerprint density at radius 3 is 2.96 bits per heavy atom. The van der Waals surface area contributed by atoms with Crippen molar-refractivity contribution in [3.63, 3.8) is 0 Å². The lowest BCUT2D eigenvalue weighted by Crippen LogP contribution is -2.59. The summed E-state index contributed by atoms with van der Waals surface area (Å²) in [6.45, 7) is 8.54. The van der Waals surface area contributed by atoms with E-state index in [-0.39, 0.29) is 17.4 Å². The van der Waals surface area contributed by atoms with Crippen LogP contribution in [-0.4, -0.2) is 59.6 Å². The lowest BCUT2D eigenvalue weighted by Gasteiger charge is -2.51. The molecule has 2 saturated heterocycles. The molecule has 5 heteroatoms. The number of hydrogen-bond donors (Lipinski definition) is 1. The SMILES string of the molecule is CC(C)=CCN1CC[C@@H](O)[C@]2(CCCN(C(=O)Cc3ccsc3)C2)C1. The van der Waals surface area contributed by atoms with Gasteiger partial charge in [0, 0.05) is 38.1 Å². The minimum atomic E-state index is -0.299. The van der Waals surface area contributed by atoms with Crippen LogP contribution in [-0.2, 0) is 11.2 Å². The molecular formula is C20H30N2O2S. The number of aliphatic hydroxyl groups is 1. The van der Waals surface area contributed by atoms with Crippen LogP contribution in [0, 0.1) is 5.41 Å². The second-order valence-electron chi connectivity index (χ2n) is 7.91. The van der Waals surface area contributed by atoms with Crippen molar-refractivity contribution in [1.82, 2.24) is 9.80 Å². The molecule has 1 aromatic rings. The van der Waals surface area contributed by atoms with Crippen LogP contribution in [0.5, 0.6) is 0 Å². The Labute approximate surface area is 155 Å². The summed E-state index contributed by atoms with van der Waals surface area (Å²) >= 11 is 1.64. The highest BCUT2D eigenvalue weighted by molar-refractivity contribution is 7.08. The maximum Gasteiger partial charge on any atom is 0.227 e. The van der Waals surface area contributed by atoms with Crippen molar-refractivity contribution in [2.45, 2.75) is 45.6 Å². The first-order chi connectivity index (χ1) is 12.0. The minimum Gasteiger partial charge on any atom is -0.392 e. The van der Waals surface area contributed by atoms with Gasteiger partial charge in [-0.05, 0) is 55.5 Å². The monoisotopic (exact) mass is 362 g/mol. The zero-order chi connectivity index (χ0) is 17.9. The molecule has 25 heavy (non-hydrogen) atoms. The van der Waals surface area contributed by atoms with E-state index in [9.17, 15) is 9.90 Å². The Balaban J connectivity index is 1.66. The third-order valence-corrected chi connectivity index (χ3v) is 6.35. The van der Waals surface area contributed by atoms with Crippen LogP contribution in [0.1, 0.15) is 38.7 Å². The fourth-order valence-corrected chi connectivity index (χ4v) is 4.83. The second kappa shape index (κ2) is 8.02. The number of hydrogen-bond acceptors (Lipinski definition) is 4. The molecule has 3 heterocycles. The van der Waals surface area contributed by atoms with E-state index in [0.29, 0.717) is 13.0 Å². The summed E-state index contributed by atoms with van der Waals surface area (Å²) in [6, 6.07) is 2.03. The molecule has 0 unspecified atom stereocenters. The molecule has 2 aliphatic rings. The molecule has 0 aromatic carbocycles. The Morgan fingerprint density at radius 1 is 1.40 bits per heavy atom. The molecule has 4 nitrogen and oxygen atoms in total. The van der Waals surface area contributed by atoms with Crippen molar-refractivity contribution < 1.29 is 9.90 Å². The average Bonchev–Trinajstić information content (AvgIpc) is 3.09. The van der Waals surface area contributed by atoms with E-state index in [0.717, 1.165) is 51.0 Å². The van der Waals surface area contributed by atoms with Crippen LogP contribution in [0.3, 0.4) is 0 Å². The van der Waals surface area contributed by atoms with E-state index in [2.05, 4.69) is 24.8 Å². The highest BCUT2D eigenvalue weighted by Crippen LogP contribution is 2.39. The molecule has 0 radical (unpaired) electrons. The molecule has 2 aliphatic heterocycles. The topological polar surface area (TPSA) is 43.8 Å². The molecule has 2 atom stereocenters. The van der Waals surface area contributed by atoms with E-state index in [1.165, 1.54) is 5.57 Å². The van der Waals surface area contributed by atoms with Gasteiger partial charge in [-0.2, -0.15) is 11.3 Å². The first kappa shape index (κ1) is 18.6. The van der Waals surface area contributed by atoms with Crippen LogP contribution >= 0.6 is 11.3 Å². The van der Waals surface area contributed by atoms with Crippen LogP contribution < -0.4 is 0 Å². The first-order valence-electron chi connectivity index (χ1n) is 9.31. The highest BCUT2D eigenvalue weighted by atomic mass is 32.1. The first-order valence-corrected chi connectivity index (χ1v) is 10.3. The smallest absolute Gasteiger partial charge is 0.227 e. The van der Waals surface area contributed by atoms with Gasteiger partial charge in [0.2, 0.25) is 5.91 Å². The summed E-state index contributed by atoms with van der Waals surface area (Å²) in [5.74, 6) is 0.200. The summed E-state index contributed by atoms with van der Waals surface area (Å²) in [4.78, 5) is 17.2. The van der Waals surface area contributed by atoms with Gasteiger partial charge in [0.15, 0.2) is 0 Å². The Morgan fingerprint density at radius 2 is 2.24 bits per heavy atom. The van der Waals surface area contributed by atoms with Gasteiger partial charge in [-0.1, -0.05) is 11.6 Å². The third-order valence-electron chi connectivity index (χ3n) is 5.62. The Bertz CT molecular complexity index is 609. The number of aliphatic hydroxyl groups excluding tert-OH is 1. The van der Waals surface area contributed by atoms with Crippen molar-refractivity contribution in [2.24, 2.45) is 5.41 Å². The fraction of sp³-hybridized carbons (Fsp3) is 0.650. The number of carbonyl (C=O) groups excluding carboxylic acids is 1. The Kier molecular flexibility index (Phi) is 5.97. The summed E-state index contributed by atoms with van der Waals surface area (Å²) < 4.78 is 0. The average molecular weight is 363 g/mol. The summed E-state index contributed by atoms with van der Waals surface area (Å²) in [7, 11) is 0. The van der Waals surface area contributed by atoms with E-state index in [1.807, 2.05) is 21.7 Å². The number of nitrogens with zero attached hydrogens (tertiary/aromatic N) is 2. The quantitative estimate of drug-likeness (QED) is 0.838. The molecule has 3 rings (SSSR count). The van der Waals surface area contributed by atoms with Gasteiger partial charge in [-0.15, -0.1) is 0 Å². The van der Waals surface area contributed by atoms with Crippen molar-refractivity contribution in [3.05, 3.63) is 34.0 Å². The van der Waals surface area contributed by atoms with Crippen LogP contribution in [0.25, 0.3) is 0 Å². The van der Waals surface area contributed by atoms with Gasteiger partial charge < -0.3 is 10.0 Å². The number of allylic oxidation sites excluding steroid dienone is 1. The molecule has 1 N–H and O–H groups in total. The van der Waals surface area contributed by atoms with Gasteiger partial charge >= 0.3 is 0 Å². The van der Waals surface area contributed by atoms with Crippen molar-refractivity contribution in [1.29, 1.82) is 0 Å². The van der Waals surface area contributed by atoms with Gasteiger partial charge in [0.05, 0.1) is 12.5 Å². The minimum absolute atomic E-state index is 0.156. The van der Waals surface area contributed by atoms with Crippen LogP contribution in [0.15, 0.2) is 28.5 Å². The number of amides is 1. The maximum absolute atomic E-state index is 12.7. The molecule has 1 amide bonds.